The van der Waals surface area contributed by atoms with Gasteiger partial charge in [0.25, 0.3) is 5.91 Å². The molecule has 0 fully saturated rings. The Balaban J connectivity index is 0.919. The molecule has 8 rings (SSSR count). The van der Waals surface area contributed by atoms with Crippen LogP contribution in [0.5, 0.6) is 5.75 Å². The number of hydrogen-bond donors (Lipinski definition) is 2. The van der Waals surface area contributed by atoms with Gasteiger partial charge >= 0.3 is 5.97 Å². The number of nitrogens with zero attached hydrogens (tertiary/aromatic N) is 6. The quantitative estimate of drug-likeness (QED) is 0.146. The van der Waals surface area contributed by atoms with Crippen molar-refractivity contribution in [2.45, 2.75) is 25.8 Å². The Labute approximate surface area is 288 Å². The lowest BCUT2D eigenvalue weighted by molar-refractivity contribution is 0.0690. The van der Waals surface area contributed by atoms with Crippen LogP contribution in [0.2, 0.25) is 0 Å². The molecule has 13 heteroatoms. The molecule has 0 atom stereocenters. The Morgan fingerprint density at radius 2 is 1.86 bits per heavy atom. The fraction of sp³-hybridized carbons (Fsp3) is 0.167. The first-order chi connectivity index (χ1) is 24.0. The minimum atomic E-state index is -1.05. The molecule has 1 aliphatic rings. The molecular formula is C36H29N7O4S2. The van der Waals surface area contributed by atoms with Crippen LogP contribution in [0.15, 0.2) is 91.5 Å². The molecule has 0 unspecified atom stereocenters. The van der Waals surface area contributed by atoms with E-state index in [2.05, 4.69) is 30.2 Å². The second kappa shape index (κ2) is 13.1. The predicted octanol–water partition coefficient (Wildman–Crippen LogP) is 7.01. The molecule has 5 heterocycles. The average molecular weight is 688 g/mol. The van der Waals surface area contributed by atoms with Crippen LogP contribution in [0.3, 0.4) is 0 Å². The van der Waals surface area contributed by atoms with Crippen molar-refractivity contribution in [3.8, 4) is 11.4 Å². The van der Waals surface area contributed by atoms with E-state index in [1.54, 1.807) is 6.20 Å². The van der Waals surface area contributed by atoms with Gasteiger partial charge in [-0.05, 0) is 78.9 Å². The molecule has 3 aromatic carbocycles. The van der Waals surface area contributed by atoms with E-state index in [9.17, 15) is 14.7 Å². The lowest BCUT2D eigenvalue weighted by Crippen LogP contribution is -2.32. The van der Waals surface area contributed by atoms with E-state index in [4.69, 9.17) is 4.74 Å². The normalized spacial score (nSPS) is 12.7. The SMILES string of the molecule is O=C(Nc1nc2ccccc2s1)c1cccc2c1CN(c1nc(C(=O)O)c(CCCOc3ccc(-n4ccc5cncnc54)cc3)s1)CC2. The van der Waals surface area contributed by atoms with Gasteiger partial charge in [-0.25, -0.2) is 24.7 Å². The average Bonchev–Trinajstić information content (AvgIpc) is 3.87. The lowest BCUT2D eigenvalue weighted by atomic mass is 9.94. The summed E-state index contributed by atoms with van der Waals surface area (Å²) in [5.41, 5.74) is 5.31. The third kappa shape index (κ3) is 6.21. The van der Waals surface area contributed by atoms with Crippen molar-refractivity contribution in [1.82, 2.24) is 24.5 Å². The summed E-state index contributed by atoms with van der Waals surface area (Å²) in [6.45, 7) is 1.55. The van der Waals surface area contributed by atoms with Crippen LogP contribution in [0.4, 0.5) is 10.3 Å². The summed E-state index contributed by atoms with van der Waals surface area (Å²) >= 11 is 2.83. The van der Waals surface area contributed by atoms with Crippen molar-refractivity contribution in [2.24, 2.45) is 0 Å². The van der Waals surface area contributed by atoms with Crippen LogP contribution in [0.25, 0.3) is 26.9 Å². The van der Waals surface area contributed by atoms with Crippen LogP contribution in [-0.2, 0) is 19.4 Å². The highest BCUT2D eigenvalue weighted by molar-refractivity contribution is 7.22. The molecule has 0 radical (unpaired) electrons. The van der Waals surface area contributed by atoms with Gasteiger partial charge in [0.1, 0.15) is 17.7 Å². The number of ether oxygens (including phenoxy) is 1. The molecule has 0 aliphatic carbocycles. The molecule has 0 saturated heterocycles. The van der Waals surface area contributed by atoms with E-state index in [0.29, 0.717) is 53.2 Å². The minimum Gasteiger partial charge on any atom is -0.494 e. The number of carboxylic acid groups (broad SMARTS) is 1. The van der Waals surface area contributed by atoms with E-state index in [1.807, 2.05) is 83.6 Å². The smallest absolute Gasteiger partial charge is 0.355 e. The number of carboxylic acids is 1. The number of anilines is 2. The first-order valence-corrected chi connectivity index (χ1v) is 17.4. The molecule has 1 amide bonds. The topological polar surface area (TPSA) is 135 Å². The van der Waals surface area contributed by atoms with Gasteiger partial charge in [-0.2, -0.15) is 0 Å². The van der Waals surface area contributed by atoms with Crippen molar-refractivity contribution in [1.29, 1.82) is 0 Å². The zero-order valence-electron chi connectivity index (χ0n) is 26.1. The van der Waals surface area contributed by atoms with Gasteiger partial charge in [-0.15, -0.1) is 11.3 Å². The third-order valence-corrected chi connectivity index (χ3v) is 10.6. The number of rotatable bonds is 10. The first kappa shape index (κ1) is 30.7. The zero-order valence-corrected chi connectivity index (χ0v) is 27.7. The standard InChI is InChI=1S/C36H29N7O4S2/c44-33(41-35-39-28-7-1-2-8-29(28)48-35)26-6-3-5-22-14-16-42(20-27(22)26)36-40-31(34(45)46)30(49-36)9-4-18-47-25-12-10-24(11-13-25)43-17-15-23-19-37-21-38-32(23)43/h1-3,5-8,10-13,15,17,19,21H,4,9,14,16,18,20H2,(H,45,46)(H,39,41,44). The molecular weight excluding hydrogens is 659 g/mol. The summed E-state index contributed by atoms with van der Waals surface area (Å²) in [6, 6.07) is 23.3. The molecule has 0 bridgehead atoms. The number of aryl methyl sites for hydroxylation is 1. The van der Waals surface area contributed by atoms with E-state index in [0.717, 1.165) is 50.2 Å². The number of carbonyl (C=O) groups is 2. The zero-order chi connectivity index (χ0) is 33.3. The van der Waals surface area contributed by atoms with Crippen molar-refractivity contribution < 1.29 is 19.4 Å². The van der Waals surface area contributed by atoms with Gasteiger partial charge in [-0.3, -0.25) is 10.1 Å². The van der Waals surface area contributed by atoms with E-state index in [1.165, 1.54) is 29.0 Å². The van der Waals surface area contributed by atoms with Gasteiger partial charge in [0.2, 0.25) is 0 Å². The Kier molecular flexibility index (Phi) is 8.19. The summed E-state index contributed by atoms with van der Waals surface area (Å²) in [6.07, 6.45) is 7.15. The summed E-state index contributed by atoms with van der Waals surface area (Å²) in [4.78, 5) is 46.0. The van der Waals surface area contributed by atoms with Crippen molar-refractivity contribution in [2.75, 3.05) is 23.4 Å². The Morgan fingerprint density at radius 1 is 0.980 bits per heavy atom. The monoisotopic (exact) mass is 687 g/mol. The van der Waals surface area contributed by atoms with Crippen LogP contribution in [-0.4, -0.2) is 54.6 Å². The molecule has 11 nitrogen and oxygen atoms in total. The largest absolute Gasteiger partial charge is 0.494 e. The summed E-state index contributed by atoms with van der Waals surface area (Å²) < 4.78 is 9.00. The maximum atomic E-state index is 13.4. The van der Waals surface area contributed by atoms with Crippen LogP contribution < -0.4 is 15.0 Å². The third-order valence-electron chi connectivity index (χ3n) is 8.47. The van der Waals surface area contributed by atoms with Gasteiger partial charge in [0.15, 0.2) is 16.0 Å². The second-order valence-electron chi connectivity index (χ2n) is 11.6. The number of aromatic carboxylic acids is 1. The van der Waals surface area contributed by atoms with Gasteiger partial charge in [0, 0.05) is 47.0 Å². The van der Waals surface area contributed by atoms with Crippen molar-refractivity contribution >= 4 is 66.1 Å². The molecule has 0 saturated carbocycles. The van der Waals surface area contributed by atoms with E-state index in [-0.39, 0.29) is 11.6 Å². The number of para-hydroxylation sites is 1. The number of fused-ring (bicyclic) bond motifs is 3. The number of hydrogen-bond acceptors (Lipinski definition) is 10. The van der Waals surface area contributed by atoms with E-state index < -0.39 is 5.97 Å². The highest BCUT2D eigenvalue weighted by Crippen LogP contribution is 2.33. The number of amides is 1. The van der Waals surface area contributed by atoms with Crippen LogP contribution >= 0.6 is 22.7 Å². The molecule has 1 aliphatic heterocycles. The van der Waals surface area contributed by atoms with E-state index >= 15 is 0 Å². The maximum absolute atomic E-state index is 13.4. The fourth-order valence-corrected chi connectivity index (χ4v) is 8.05. The number of carbonyl (C=O) groups excluding carboxylic acids is 1. The maximum Gasteiger partial charge on any atom is 0.355 e. The fourth-order valence-electron chi connectivity index (χ4n) is 6.07. The molecule has 244 valence electrons. The van der Waals surface area contributed by atoms with Crippen LogP contribution in [0.1, 0.15) is 43.3 Å². The Hall–Kier alpha value is -5.66. The Morgan fingerprint density at radius 3 is 2.71 bits per heavy atom. The summed E-state index contributed by atoms with van der Waals surface area (Å²) in [5, 5.41) is 15.1. The molecule has 4 aromatic heterocycles. The number of aromatic nitrogens is 5. The van der Waals surface area contributed by atoms with Crippen LogP contribution in [0, 0.1) is 0 Å². The highest BCUT2D eigenvalue weighted by atomic mass is 32.1. The van der Waals surface area contributed by atoms with Crippen molar-refractivity contribution in [3.05, 3.63) is 119 Å². The molecule has 2 N–H and O–H groups in total. The first-order valence-electron chi connectivity index (χ1n) is 15.8. The second-order valence-corrected chi connectivity index (χ2v) is 13.7. The number of nitrogens with one attached hydrogen (secondary N) is 1. The number of benzene rings is 3. The molecule has 0 spiro atoms. The number of thiazole rings is 2. The lowest BCUT2D eigenvalue weighted by Gasteiger charge is -2.29. The minimum absolute atomic E-state index is 0.0692. The summed E-state index contributed by atoms with van der Waals surface area (Å²) in [5.74, 6) is -0.537. The van der Waals surface area contributed by atoms with Crippen molar-refractivity contribution in [3.63, 3.8) is 0 Å². The van der Waals surface area contributed by atoms with Gasteiger partial charge < -0.3 is 19.3 Å². The van der Waals surface area contributed by atoms with Gasteiger partial charge in [0.05, 0.1) is 16.8 Å². The van der Waals surface area contributed by atoms with Gasteiger partial charge in [-0.1, -0.05) is 35.6 Å². The summed E-state index contributed by atoms with van der Waals surface area (Å²) in [7, 11) is 0. The predicted molar refractivity (Wildman–Crippen MR) is 191 cm³/mol. The highest BCUT2D eigenvalue weighted by Gasteiger charge is 2.26. The Bertz CT molecular complexity index is 2300. The molecule has 49 heavy (non-hydrogen) atoms. The molecule has 7 aromatic rings.